The van der Waals surface area contributed by atoms with Crippen LogP contribution in [0.15, 0.2) is 77.7 Å². The number of hydrogen-bond donors (Lipinski definition) is 2. The average Bonchev–Trinajstić information content (AvgIpc) is 3.80. The fourth-order valence-corrected chi connectivity index (χ4v) is 5.30. The van der Waals surface area contributed by atoms with Crippen molar-refractivity contribution in [2.45, 2.75) is 25.4 Å². The van der Waals surface area contributed by atoms with E-state index < -0.39 is 17.2 Å². The Morgan fingerprint density at radius 1 is 0.950 bits per heavy atom. The number of nitrogens with zero attached hydrogens (tertiary/aromatic N) is 3. The third kappa shape index (κ3) is 5.20. The van der Waals surface area contributed by atoms with Gasteiger partial charge in [0, 0.05) is 61.6 Å². The van der Waals surface area contributed by atoms with Gasteiger partial charge in [-0.3, -0.25) is 14.5 Å². The second kappa shape index (κ2) is 10.6. The van der Waals surface area contributed by atoms with E-state index in [2.05, 4.69) is 10.2 Å². The summed E-state index contributed by atoms with van der Waals surface area (Å²) in [5.41, 5.74) is 2.44. The Hall–Kier alpha value is -4.50. The van der Waals surface area contributed by atoms with Crippen molar-refractivity contribution in [3.8, 4) is 0 Å². The Labute approximate surface area is 230 Å². The Balaban J connectivity index is 1.13. The van der Waals surface area contributed by atoms with Gasteiger partial charge in [0.2, 0.25) is 5.43 Å². The van der Waals surface area contributed by atoms with E-state index in [9.17, 15) is 19.5 Å². The van der Waals surface area contributed by atoms with Gasteiger partial charge in [0.1, 0.15) is 11.4 Å². The fourth-order valence-electron chi connectivity index (χ4n) is 5.30. The predicted molar refractivity (Wildman–Crippen MR) is 152 cm³/mol. The van der Waals surface area contributed by atoms with Gasteiger partial charge in [-0.2, -0.15) is 0 Å². The summed E-state index contributed by atoms with van der Waals surface area (Å²) in [7, 11) is 0. The maximum atomic E-state index is 15.3. The van der Waals surface area contributed by atoms with Crippen LogP contribution in [0.4, 0.5) is 15.8 Å². The van der Waals surface area contributed by atoms with E-state index in [0.717, 1.165) is 37.2 Å². The molecule has 1 saturated heterocycles. The van der Waals surface area contributed by atoms with Crippen LogP contribution in [0, 0.1) is 5.82 Å². The van der Waals surface area contributed by atoms with Crippen LogP contribution in [-0.4, -0.2) is 52.6 Å². The number of amides is 1. The molecule has 2 heterocycles. The Kier molecular flexibility index (Phi) is 6.81. The van der Waals surface area contributed by atoms with Crippen molar-refractivity contribution in [1.82, 2.24) is 9.47 Å². The molecule has 1 saturated carbocycles. The first-order valence-electron chi connectivity index (χ1n) is 13.4. The van der Waals surface area contributed by atoms with E-state index in [4.69, 9.17) is 0 Å². The zero-order valence-corrected chi connectivity index (χ0v) is 21.8. The van der Waals surface area contributed by atoms with E-state index in [1.54, 1.807) is 6.07 Å². The zero-order valence-electron chi connectivity index (χ0n) is 21.8. The maximum Gasteiger partial charge on any atom is 0.341 e. The molecular weight excluding hydrogens is 511 g/mol. The van der Waals surface area contributed by atoms with Crippen molar-refractivity contribution in [3.05, 3.63) is 106 Å². The number of hydrogen-bond acceptors (Lipinski definition) is 5. The van der Waals surface area contributed by atoms with Crippen LogP contribution >= 0.6 is 0 Å². The molecule has 204 valence electrons. The molecule has 6 rings (SSSR count). The summed E-state index contributed by atoms with van der Waals surface area (Å²) in [4.78, 5) is 41.1. The predicted octanol–water partition coefficient (Wildman–Crippen LogP) is 4.75. The van der Waals surface area contributed by atoms with E-state index >= 15 is 4.39 Å². The lowest BCUT2D eigenvalue weighted by Crippen LogP contribution is -2.46. The molecule has 8 nitrogen and oxygen atoms in total. The van der Waals surface area contributed by atoms with Crippen LogP contribution in [0.1, 0.15) is 45.2 Å². The first kappa shape index (κ1) is 25.8. The van der Waals surface area contributed by atoms with Crippen LogP contribution in [-0.2, 0) is 6.54 Å². The number of pyridine rings is 1. The number of fused-ring (bicyclic) bond motifs is 1. The Morgan fingerprint density at radius 2 is 1.65 bits per heavy atom. The van der Waals surface area contributed by atoms with E-state index in [1.807, 2.05) is 64.1 Å². The summed E-state index contributed by atoms with van der Waals surface area (Å²) in [6, 6.07) is 19.9. The van der Waals surface area contributed by atoms with Crippen molar-refractivity contribution >= 4 is 34.2 Å². The maximum absolute atomic E-state index is 15.3. The number of aromatic carboxylic acids is 1. The third-order valence-corrected chi connectivity index (χ3v) is 7.64. The first-order valence-corrected chi connectivity index (χ1v) is 13.4. The summed E-state index contributed by atoms with van der Waals surface area (Å²) in [5.74, 6) is -1.98. The normalized spacial score (nSPS) is 15.8. The molecule has 3 aromatic carbocycles. The third-order valence-electron chi connectivity index (χ3n) is 7.64. The average molecular weight is 541 g/mol. The number of carboxylic acids is 1. The molecule has 4 aromatic rings. The molecule has 0 atom stereocenters. The summed E-state index contributed by atoms with van der Waals surface area (Å²) < 4.78 is 17.1. The second-order valence-electron chi connectivity index (χ2n) is 10.4. The van der Waals surface area contributed by atoms with Crippen molar-refractivity contribution in [2.24, 2.45) is 0 Å². The number of nitrogens with one attached hydrogen (secondary N) is 1. The van der Waals surface area contributed by atoms with Gasteiger partial charge in [-0.15, -0.1) is 0 Å². The molecule has 40 heavy (non-hydrogen) atoms. The monoisotopic (exact) mass is 540 g/mol. The van der Waals surface area contributed by atoms with E-state index in [-0.39, 0.29) is 22.9 Å². The summed E-state index contributed by atoms with van der Waals surface area (Å²) >= 11 is 0. The lowest BCUT2D eigenvalue weighted by atomic mass is 10.1. The lowest BCUT2D eigenvalue weighted by molar-refractivity contribution is 0.0694. The number of carboxylic acid groups (broad SMARTS) is 1. The molecule has 1 aromatic heterocycles. The van der Waals surface area contributed by atoms with Crippen LogP contribution in [0.2, 0.25) is 0 Å². The fraction of sp³-hybridized carbons (Fsp3) is 0.258. The molecule has 0 radical (unpaired) electrons. The van der Waals surface area contributed by atoms with Crippen LogP contribution in [0.5, 0.6) is 0 Å². The zero-order chi connectivity index (χ0) is 27.8. The SMILES string of the molecule is O=C(Nc1ccccc1)c1ccc(CN2CCN(c3cc4c(cc3F)c(=O)c(C(=O)O)cn4C3CC3)CC2)cc1. The molecule has 2 aliphatic rings. The largest absolute Gasteiger partial charge is 0.477 e. The van der Waals surface area contributed by atoms with Gasteiger partial charge < -0.3 is 19.9 Å². The second-order valence-corrected chi connectivity index (χ2v) is 10.4. The first-order chi connectivity index (χ1) is 19.4. The Morgan fingerprint density at radius 3 is 2.30 bits per heavy atom. The van der Waals surface area contributed by atoms with Crippen molar-refractivity contribution in [2.75, 3.05) is 36.4 Å². The number of carbonyl (C=O) groups excluding carboxylic acids is 1. The highest BCUT2D eigenvalue weighted by atomic mass is 19.1. The van der Waals surface area contributed by atoms with Crippen LogP contribution < -0.4 is 15.6 Å². The Bertz CT molecular complexity index is 1640. The number of aromatic nitrogens is 1. The number of para-hydroxylation sites is 1. The van der Waals surface area contributed by atoms with Gasteiger partial charge in [-0.25, -0.2) is 9.18 Å². The number of benzene rings is 3. The molecule has 2 N–H and O–H groups in total. The van der Waals surface area contributed by atoms with Gasteiger partial charge in [-0.05, 0) is 54.8 Å². The molecule has 9 heteroatoms. The number of piperazine rings is 1. The van der Waals surface area contributed by atoms with Crippen LogP contribution in [0.25, 0.3) is 10.9 Å². The van der Waals surface area contributed by atoms with Crippen molar-refractivity contribution in [1.29, 1.82) is 0 Å². The summed E-state index contributed by atoms with van der Waals surface area (Å²) in [6.07, 6.45) is 3.21. The van der Waals surface area contributed by atoms with E-state index in [1.165, 1.54) is 12.3 Å². The topological polar surface area (TPSA) is 94.9 Å². The van der Waals surface area contributed by atoms with Crippen molar-refractivity contribution in [3.63, 3.8) is 0 Å². The number of halogens is 1. The molecule has 2 fully saturated rings. The van der Waals surface area contributed by atoms with Gasteiger partial charge in [0.25, 0.3) is 5.91 Å². The van der Waals surface area contributed by atoms with E-state index in [0.29, 0.717) is 36.4 Å². The smallest absolute Gasteiger partial charge is 0.341 e. The molecule has 1 amide bonds. The molecular formula is C31H29FN4O4. The standard InChI is InChI=1S/C31H29FN4O4/c32-26-16-24-27(36(23-10-11-23)19-25(29(24)37)31(39)40)17-28(26)35-14-12-34(13-15-35)18-20-6-8-21(9-7-20)30(38)33-22-4-2-1-3-5-22/h1-9,16-17,19,23H,10-15,18H2,(H,33,38)(H,39,40). The molecule has 1 aliphatic carbocycles. The highest BCUT2D eigenvalue weighted by Crippen LogP contribution is 2.38. The minimum Gasteiger partial charge on any atom is -0.477 e. The molecule has 1 aliphatic heterocycles. The number of carbonyl (C=O) groups is 2. The van der Waals surface area contributed by atoms with Crippen LogP contribution in [0.3, 0.4) is 0 Å². The minimum absolute atomic E-state index is 0.104. The van der Waals surface area contributed by atoms with Gasteiger partial charge >= 0.3 is 5.97 Å². The van der Waals surface area contributed by atoms with Crippen molar-refractivity contribution < 1.29 is 19.1 Å². The highest BCUT2D eigenvalue weighted by Gasteiger charge is 2.28. The highest BCUT2D eigenvalue weighted by molar-refractivity contribution is 6.04. The summed E-state index contributed by atoms with van der Waals surface area (Å²) in [6.45, 7) is 3.39. The molecule has 0 spiro atoms. The lowest BCUT2D eigenvalue weighted by Gasteiger charge is -2.36. The quantitative estimate of drug-likeness (QED) is 0.352. The number of rotatable bonds is 7. The molecule has 0 unspecified atom stereocenters. The van der Waals surface area contributed by atoms with Gasteiger partial charge in [0.05, 0.1) is 11.2 Å². The summed E-state index contributed by atoms with van der Waals surface area (Å²) in [5, 5.41) is 12.5. The molecule has 0 bridgehead atoms. The van der Waals surface area contributed by atoms with Gasteiger partial charge in [0.15, 0.2) is 0 Å². The number of anilines is 2. The minimum atomic E-state index is -1.30. The van der Waals surface area contributed by atoms with Gasteiger partial charge in [-0.1, -0.05) is 30.3 Å².